The summed E-state index contributed by atoms with van der Waals surface area (Å²) in [6.45, 7) is 14.1. The molecular weight excluding hydrogens is 266 g/mol. The minimum atomic E-state index is 0.0947. The third-order valence-electron chi connectivity index (χ3n) is 4.05. The quantitative estimate of drug-likeness (QED) is 0.458. The minimum Gasteiger partial charge on any atom is -0.238 e. The number of nitrogens with zero attached hydrogens (tertiary/aromatic N) is 1. The van der Waals surface area contributed by atoms with Crippen molar-refractivity contribution >= 4 is 16.5 Å². The van der Waals surface area contributed by atoms with E-state index >= 15 is 0 Å². The average molecular weight is 285 g/mol. The molecule has 0 saturated heterocycles. The SMILES string of the molecule is [C-]#[N+]c1ccccc1-c1ccc(C(C)(C)C)c2ccccc12. The van der Waals surface area contributed by atoms with E-state index in [0.717, 1.165) is 11.1 Å². The van der Waals surface area contributed by atoms with E-state index in [4.69, 9.17) is 6.57 Å². The van der Waals surface area contributed by atoms with Crippen molar-refractivity contribution in [2.45, 2.75) is 26.2 Å². The summed E-state index contributed by atoms with van der Waals surface area (Å²) in [5.41, 5.74) is 4.28. The molecule has 0 radical (unpaired) electrons. The minimum absolute atomic E-state index is 0.0947. The van der Waals surface area contributed by atoms with Crippen LogP contribution in [0.15, 0.2) is 60.7 Å². The molecule has 1 heteroatoms. The lowest BCUT2D eigenvalue weighted by molar-refractivity contribution is 0.596. The Morgan fingerprint density at radius 1 is 0.727 bits per heavy atom. The molecule has 0 bridgehead atoms. The Balaban J connectivity index is 2.37. The van der Waals surface area contributed by atoms with Gasteiger partial charge in [0.1, 0.15) is 0 Å². The summed E-state index contributed by atoms with van der Waals surface area (Å²) < 4.78 is 0. The van der Waals surface area contributed by atoms with E-state index in [1.54, 1.807) is 0 Å². The van der Waals surface area contributed by atoms with Gasteiger partial charge in [0.2, 0.25) is 0 Å². The molecule has 22 heavy (non-hydrogen) atoms. The molecule has 0 aliphatic rings. The molecule has 0 fully saturated rings. The maximum Gasteiger partial charge on any atom is 0.194 e. The molecule has 0 N–H and O–H groups in total. The Bertz CT molecular complexity index is 876. The smallest absolute Gasteiger partial charge is 0.194 e. The number of benzene rings is 3. The van der Waals surface area contributed by atoms with E-state index in [2.05, 4.69) is 62.0 Å². The van der Waals surface area contributed by atoms with Crippen LogP contribution in [0, 0.1) is 6.57 Å². The van der Waals surface area contributed by atoms with E-state index in [1.807, 2.05) is 24.3 Å². The van der Waals surface area contributed by atoms with Crippen LogP contribution in [0.2, 0.25) is 0 Å². The summed E-state index contributed by atoms with van der Waals surface area (Å²) >= 11 is 0. The van der Waals surface area contributed by atoms with Crippen molar-refractivity contribution in [3.8, 4) is 11.1 Å². The van der Waals surface area contributed by atoms with Gasteiger partial charge in [0, 0.05) is 0 Å². The van der Waals surface area contributed by atoms with Crippen molar-refractivity contribution in [3.05, 3.63) is 77.6 Å². The van der Waals surface area contributed by atoms with Gasteiger partial charge < -0.3 is 0 Å². The molecule has 0 unspecified atom stereocenters. The molecule has 0 atom stereocenters. The Morgan fingerprint density at radius 3 is 2.05 bits per heavy atom. The van der Waals surface area contributed by atoms with Gasteiger partial charge in [0.05, 0.1) is 6.57 Å². The summed E-state index contributed by atoms with van der Waals surface area (Å²) in [5, 5.41) is 2.48. The molecule has 0 amide bonds. The van der Waals surface area contributed by atoms with Crippen LogP contribution in [-0.2, 0) is 5.41 Å². The molecule has 108 valence electrons. The van der Waals surface area contributed by atoms with Gasteiger partial charge in [-0.1, -0.05) is 81.4 Å². The number of rotatable bonds is 1. The van der Waals surface area contributed by atoms with E-state index in [0.29, 0.717) is 5.69 Å². The predicted octanol–water partition coefficient (Wildman–Crippen LogP) is 6.36. The van der Waals surface area contributed by atoms with Crippen LogP contribution < -0.4 is 0 Å². The van der Waals surface area contributed by atoms with Gasteiger partial charge in [-0.2, -0.15) is 0 Å². The highest BCUT2D eigenvalue weighted by molar-refractivity contribution is 6.01. The zero-order valence-electron chi connectivity index (χ0n) is 13.2. The van der Waals surface area contributed by atoms with Crippen LogP contribution in [0.1, 0.15) is 26.3 Å². The standard InChI is InChI=1S/C21H19N/c1-21(2,3)19-14-13-16(15-9-5-6-10-17(15)19)18-11-7-8-12-20(18)22-4/h5-14H,1-3H3. The van der Waals surface area contributed by atoms with Crippen LogP contribution in [0.4, 0.5) is 5.69 Å². The maximum absolute atomic E-state index is 7.41. The summed E-state index contributed by atoms with van der Waals surface area (Å²) in [7, 11) is 0. The zero-order chi connectivity index (χ0) is 15.7. The Hall–Kier alpha value is -2.59. The topological polar surface area (TPSA) is 4.36 Å². The highest BCUT2D eigenvalue weighted by atomic mass is 14.6. The monoisotopic (exact) mass is 285 g/mol. The molecule has 1 nitrogen and oxygen atoms in total. The zero-order valence-corrected chi connectivity index (χ0v) is 13.2. The van der Waals surface area contributed by atoms with Crippen molar-refractivity contribution in [2.75, 3.05) is 0 Å². The Labute approximate surface area is 132 Å². The van der Waals surface area contributed by atoms with Gasteiger partial charge in [-0.15, -0.1) is 0 Å². The second-order valence-corrected chi connectivity index (χ2v) is 6.59. The number of para-hydroxylation sites is 1. The van der Waals surface area contributed by atoms with E-state index in [-0.39, 0.29) is 5.41 Å². The first-order valence-corrected chi connectivity index (χ1v) is 7.51. The highest BCUT2D eigenvalue weighted by Gasteiger charge is 2.18. The fourth-order valence-electron chi connectivity index (χ4n) is 2.99. The lowest BCUT2D eigenvalue weighted by Gasteiger charge is -2.23. The molecule has 3 aromatic rings. The molecule has 0 aliphatic carbocycles. The average Bonchev–Trinajstić information content (AvgIpc) is 2.53. The van der Waals surface area contributed by atoms with Gasteiger partial charge in [-0.25, -0.2) is 4.85 Å². The second kappa shape index (κ2) is 5.31. The molecule has 0 aliphatic heterocycles. The van der Waals surface area contributed by atoms with Gasteiger partial charge >= 0.3 is 0 Å². The third-order valence-corrected chi connectivity index (χ3v) is 4.05. The Kier molecular flexibility index (Phi) is 3.47. The molecular formula is C21H19N. The first kappa shape index (κ1) is 14.4. The lowest BCUT2D eigenvalue weighted by Crippen LogP contribution is -2.11. The summed E-state index contributed by atoms with van der Waals surface area (Å²) in [4.78, 5) is 3.67. The number of fused-ring (bicyclic) bond motifs is 1. The number of hydrogen-bond donors (Lipinski definition) is 0. The van der Waals surface area contributed by atoms with Crippen molar-refractivity contribution in [1.29, 1.82) is 0 Å². The van der Waals surface area contributed by atoms with Gasteiger partial charge in [-0.05, 0) is 32.9 Å². The summed E-state index contributed by atoms with van der Waals surface area (Å²) in [6.07, 6.45) is 0. The van der Waals surface area contributed by atoms with Crippen molar-refractivity contribution in [1.82, 2.24) is 0 Å². The second-order valence-electron chi connectivity index (χ2n) is 6.59. The summed E-state index contributed by atoms with van der Waals surface area (Å²) in [5.74, 6) is 0. The number of hydrogen-bond acceptors (Lipinski definition) is 0. The molecule has 0 spiro atoms. The lowest BCUT2D eigenvalue weighted by atomic mass is 9.82. The summed E-state index contributed by atoms with van der Waals surface area (Å²) in [6, 6.07) is 20.7. The fraction of sp³-hybridized carbons (Fsp3) is 0.190. The molecule has 0 heterocycles. The van der Waals surface area contributed by atoms with E-state index < -0.39 is 0 Å². The van der Waals surface area contributed by atoms with Crippen LogP contribution in [0.3, 0.4) is 0 Å². The Morgan fingerprint density at radius 2 is 1.36 bits per heavy atom. The molecule has 3 aromatic carbocycles. The first-order chi connectivity index (χ1) is 10.5. The van der Waals surface area contributed by atoms with Gasteiger partial charge in [0.15, 0.2) is 5.69 Å². The molecule has 3 rings (SSSR count). The van der Waals surface area contributed by atoms with Crippen LogP contribution in [0.5, 0.6) is 0 Å². The van der Waals surface area contributed by atoms with Crippen LogP contribution in [-0.4, -0.2) is 0 Å². The van der Waals surface area contributed by atoms with Crippen molar-refractivity contribution < 1.29 is 0 Å². The maximum atomic E-state index is 7.41. The van der Waals surface area contributed by atoms with Crippen molar-refractivity contribution in [2.24, 2.45) is 0 Å². The van der Waals surface area contributed by atoms with E-state index in [9.17, 15) is 0 Å². The van der Waals surface area contributed by atoms with Crippen LogP contribution >= 0.6 is 0 Å². The van der Waals surface area contributed by atoms with E-state index in [1.165, 1.54) is 16.3 Å². The normalized spacial score (nSPS) is 11.4. The molecule has 0 saturated carbocycles. The molecule has 0 aromatic heterocycles. The van der Waals surface area contributed by atoms with Gasteiger partial charge in [0.25, 0.3) is 0 Å². The predicted molar refractivity (Wildman–Crippen MR) is 94.3 cm³/mol. The van der Waals surface area contributed by atoms with Crippen molar-refractivity contribution in [3.63, 3.8) is 0 Å². The largest absolute Gasteiger partial charge is 0.238 e. The highest BCUT2D eigenvalue weighted by Crippen LogP contribution is 2.39. The van der Waals surface area contributed by atoms with Gasteiger partial charge in [-0.3, -0.25) is 0 Å². The fourth-order valence-corrected chi connectivity index (χ4v) is 2.99. The van der Waals surface area contributed by atoms with Crippen LogP contribution in [0.25, 0.3) is 26.7 Å². The third kappa shape index (κ3) is 2.38. The first-order valence-electron chi connectivity index (χ1n) is 7.51.